The zero-order chi connectivity index (χ0) is 12.6. The molecule has 2 nitrogen and oxygen atoms in total. The van der Waals surface area contributed by atoms with Crippen molar-refractivity contribution in [3.63, 3.8) is 0 Å². The van der Waals surface area contributed by atoms with Gasteiger partial charge in [0.1, 0.15) is 6.07 Å². The van der Waals surface area contributed by atoms with Crippen molar-refractivity contribution >= 4 is 15.9 Å². The van der Waals surface area contributed by atoms with Gasteiger partial charge in [0.15, 0.2) is 0 Å². The molecule has 0 unspecified atom stereocenters. The molecule has 0 bridgehead atoms. The maximum absolute atomic E-state index is 9.03. The van der Waals surface area contributed by atoms with Gasteiger partial charge in [-0.25, -0.2) is 0 Å². The van der Waals surface area contributed by atoms with Crippen LogP contribution in [-0.2, 0) is 0 Å². The first-order chi connectivity index (χ1) is 8.04. The minimum absolute atomic E-state index is 0.735. The summed E-state index contributed by atoms with van der Waals surface area (Å²) in [6.07, 6.45) is 0. The number of hydrogen-bond donors (Lipinski definition) is 0. The average molecular weight is 289 g/mol. The SMILES string of the molecule is Cc1ccc(-n2c(C)cc(C#N)c2C)cc1Br. The summed E-state index contributed by atoms with van der Waals surface area (Å²) in [6, 6.07) is 10.4. The quantitative estimate of drug-likeness (QED) is 0.779. The lowest BCUT2D eigenvalue weighted by Crippen LogP contribution is -1.99. The molecule has 0 N–H and O–H groups in total. The van der Waals surface area contributed by atoms with Gasteiger partial charge in [0, 0.05) is 21.5 Å². The molecule has 86 valence electrons. The van der Waals surface area contributed by atoms with Crippen LogP contribution in [0.2, 0.25) is 0 Å². The number of rotatable bonds is 1. The highest BCUT2D eigenvalue weighted by molar-refractivity contribution is 9.10. The lowest BCUT2D eigenvalue weighted by molar-refractivity contribution is 0.961. The Bertz CT molecular complexity index is 618. The fourth-order valence-electron chi connectivity index (χ4n) is 1.99. The Morgan fingerprint density at radius 1 is 1.18 bits per heavy atom. The molecule has 0 atom stereocenters. The zero-order valence-electron chi connectivity index (χ0n) is 10.1. The molecular formula is C14H13BrN2. The Morgan fingerprint density at radius 3 is 2.41 bits per heavy atom. The van der Waals surface area contributed by atoms with Crippen molar-refractivity contribution in [3.8, 4) is 11.8 Å². The van der Waals surface area contributed by atoms with Crippen LogP contribution in [0.15, 0.2) is 28.7 Å². The van der Waals surface area contributed by atoms with Gasteiger partial charge in [-0.2, -0.15) is 5.26 Å². The Kier molecular flexibility index (Phi) is 3.08. The Morgan fingerprint density at radius 2 is 1.88 bits per heavy atom. The highest BCUT2D eigenvalue weighted by Crippen LogP contribution is 2.24. The molecule has 0 spiro atoms. The zero-order valence-corrected chi connectivity index (χ0v) is 11.7. The Labute approximate surface area is 110 Å². The number of aryl methyl sites for hydroxylation is 2. The van der Waals surface area contributed by atoms with E-state index in [0.29, 0.717) is 0 Å². The largest absolute Gasteiger partial charge is 0.317 e. The van der Waals surface area contributed by atoms with Gasteiger partial charge < -0.3 is 4.57 Å². The monoisotopic (exact) mass is 288 g/mol. The van der Waals surface area contributed by atoms with Gasteiger partial charge in [-0.3, -0.25) is 0 Å². The van der Waals surface area contributed by atoms with E-state index in [-0.39, 0.29) is 0 Å². The molecule has 0 amide bonds. The van der Waals surface area contributed by atoms with Crippen LogP contribution in [0.4, 0.5) is 0 Å². The summed E-state index contributed by atoms with van der Waals surface area (Å²) in [4.78, 5) is 0. The highest BCUT2D eigenvalue weighted by Gasteiger charge is 2.10. The van der Waals surface area contributed by atoms with E-state index >= 15 is 0 Å². The molecular weight excluding hydrogens is 276 g/mol. The number of hydrogen-bond acceptors (Lipinski definition) is 1. The van der Waals surface area contributed by atoms with Crippen LogP contribution >= 0.6 is 15.9 Å². The molecule has 2 aromatic rings. The first-order valence-corrected chi connectivity index (χ1v) is 6.19. The van der Waals surface area contributed by atoms with Crippen LogP contribution in [0.25, 0.3) is 5.69 Å². The molecule has 0 aliphatic rings. The van der Waals surface area contributed by atoms with Crippen LogP contribution in [0.5, 0.6) is 0 Å². The van der Waals surface area contributed by atoms with Crippen LogP contribution in [0, 0.1) is 32.1 Å². The van der Waals surface area contributed by atoms with Crippen LogP contribution < -0.4 is 0 Å². The number of nitriles is 1. The van der Waals surface area contributed by atoms with E-state index in [4.69, 9.17) is 5.26 Å². The van der Waals surface area contributed by atoms with E-state index in [1.807, 2.05) is 19.9 Å². The van der Waals surface area contributed by atoms with Crippen LogP contribution in [-0.4, -0.2) is 4.57 Å². The van der Waals surface area contributed by atoms with Gasteiger partial charge in [-0.05, 0) is 44.5 Å². The van der Waals surface area contributed by atoms with Crippen molar-refractivity contribution in [3.05, 3.63) is 51.3 Å². The third-order valence-corrected chi connectivity index (χ3v) is 3.82. The van der Waals surface area contributed by atoms with E-state index in [0.717, 1.165) is 27.1 Å². The predicted molar refractivity (Wildman–Crippen MR) is 72.4 cm³/mol. The fraction of sp³-hybridized carbons (Fsp3) is 0.214. The van der Waals surface area contributed by atoms with Gasteiger partial charge in [-0.15, -0.1) is 0 Å². The average Bonchev–Trinajstić information content (AvgIpc) is 2.58. The summed E-state index contributed by atoms with van der Waals surface area (Å²) >= 11 is 3.54. The third-order valence-electron chi connectivity index (χ3n) is 2.97. The molecule has 0 saturated carbocycles. The van der Waals surface area contributed by atoms with Gasteiger partial charge >= 0.3 is 0 Å². The summed E-state index contributed by atoms with van der Waals surface area (Å²) in [6.45, 7) is 6.05. The first kappa shape index (κ1) is 11.9. The van der Waals surface area contributed by atoms with E-state index < -0.39 is 0 Å². The lowest BCUT2D eigenvalue weighted by Gasteiger charge is -2.10. The summed E-state index contributed by atoms with van der Waals surface area (Å²) in [5, 5.41) is 9.03. The minimum Gasteiger partial charge on any atom is -0.317 e. The molecule has 1 aromatic heterocycles. The van der Waals surface area contributed by atoms with Crippen molar-refractivity contribution in [1.82, 2.24) is 4.57 Å². The van der Waals surface area contributed by atoms with Crippen LogP contribution in [0.3, 0.4) is 0 Å². The van der Waals surface area contributed by atoms with Gasteiger partial charge in [0.2, 0.25) is 0 Å². The Balaban J connectivity index is 2.65. The van der Waals surface area contributed by atoms with Crippen molar-refractivity contribution < 1.29 is 0 Å². The first-order valence-electron chi connectivity index (χ1n) is 5.40. The second-order valence-electron chi connectivity index (χ2n) is 4.17. The third kappa shape index (κ3) is 2.01. The molecule has 0 radical (unpaired) electrons. The van der Waals surface area contributed by atoms with E-state index in [1.54, 1.807) is 0 Å². The Hall–Kier alpha value is -1.53. The molecule has 3 heteroatoms. The van der Waals surface area contributed by atoms with Crippen LogP contribution in [0.1, 0.15) is 22.5 Å². The molecule has 2 rings (SSSR count). The molecule has 17 heavy (non-hydrogen) atoms. The second-order valence-corrected chi connectivity index (χ2v) is 5.02. The fourth-order valence-corrected chi connectivity index (χ4v) is 2.36. The number of benzene rings is 1. The predicted octanol–water partition coefficient (Wildman–Crippen LogP) is 4.04. The van der Waals surface area contributed by atoms with Gasteiger partial charge in [0.05, 0.1) is 5.56 Å². The highest BCUT2D eigenvalue weighted by atomic mass is 79.9. The topological polar surface area (TPSA) is 28.7 Å². The summed E-state index contributed by atoms with van der Waals surface area (Å²) in [7, 11) is 0. The minimum atomic E-state index is 0.735. The molecule has 0 saturated heterocycles. The molecule has 0 fully saturated rings. The second kappa shape index (κ2) is 4.38. The van der Waals surface area contributed by atoms with E-state index in [1.165, 1.54) is 5.56 Å². The molecule has 0 aliphatic carbocycles. The number of nitrogens with zero attached hydrogens (tertiary/aromatic N) is 2. The van der Waals surface area contributed by atoms with Crippen molar-refractivity contribution in [2.45, 2.75) is 20.8 Å². The normalized spacial score (nSPS) is 10.3. The van der Waals surface area contributed by atoms with Crippen molar-refractivity contribution in [2.24, 2.45) is 0 Å². The van der Waals surface area contributed by atoms with E-state index in [2.05, 4.69) is 51.7 Å². The molecule has 0 aliphatic heterocycles. The van der Waals surface area contributed by atoms with Crippen molar-refractivity contribution in [2.75, 3.05) is 0 Å². The summed E-state index contributed by atoms with van der Waals surface area (Å²) < 4.78 is 3.18. The molecule has 1 heterocycles. The van der Waals surface area contributed by atoms with E-state index in [9.17, 15) is 0 Å². The lowest BCUT2D eigenvalue weighted by atomic mass is 10.2. The smallest absolute Gasteiger partial charge is 0.101 e. The van der Waals surface area contributed by atoms with Gasteiger partial charge in [-0.1, -0.05) is 22.0 Å². The summed E-state index contributed by atoms with van der Waals surface area (Å²) in [5.74, 6) is 0. The molecule has 1 aromatic carbocycles. The number of aromatic nitrogens is 1. The maximum Gasteiger partial charge on any atom is 0.101 e. The van der Waals surface area contributed by atoms with Gasteiger partial charge in [0.25, 0.3) is 0 Å². The van der Waals surface area contributed by atoms with Crippen molar-refractivity contribution in [1.29, 1.82) is 5.26 Å². The summed E-state index contributed by atoms with van der Waals surface area (Å²) in [5.41, 5.74) is 5.09. The maximum atomic E-state index is 9.03. The number of halogens is 1. The standard InChI is InChI=1S/C14H13BrN2/c1-9-4-5-13(7-14(9)15)17-10(2)6-12(8-16)11(17)3/h4-7H,1-3H3.